The summed E-state index contributed by atoms with van der Waals surface area (Å²) in [7, 11) is 2.07. The summed E-state index contributed by atoms with van der Waals surface area (Å²) in [5, 5.41) is 14.2. The molecule has 0 N–H and O–H groups in total. The number of nitrogens with zero attached hydrogens (tertiary/aromatic N) is 5. The van der Waals surface area contributed by atoms with Crippen LogP contribution in [0.3, 0.4) is 0 Å². The maximum absolute atomic E-state index is 9.11. The molecule has 0 saturated carbocycles. The van der Waals surface area contributed by atoms with Crippen LogP contribution in [-0.2, 0) is 20.0 Å². The molecule has 0 fully saturated rings. The summed E-state index contributed by atoms with van der Waals surface area (Å²) in [6.45, 7) is 11.6. The van der Waals surface area contributed by atoms with Gasteiger partial charge < -0.3 is 9.80 Å². The SMILES string of the molecule is CCCN(Cc1ccc(C#N)cc1)c1c2c(nn1C)N(c1c(C)cc(C)cc1C)CCC2. The number of aromatic nitrogens is 2. The first kappa shape index (κ1) is 22.0. The fraction of sp³-hybridized carbons (Fsp3) is 0.407. The number of rotatable bonds is 6. The van der Waals surface area contributed by atoms with Crippen molar-refractivity contribution in [2.75, 3.05) is 22.9 Å². The molecular formula is C27H33N5. The number of anilines is 3. The number of nitriles is 1. The summed E-state index contributed by atoms with van der Waals surface area (Å²) in [6.07, 6.45) is 3.23. The molecule has 0 aliphatic carbocycles. The van der Waals surface area contributed by atoms with Crippen LogP contribution in [0.5, 0.6) is 0 Å². The summed E-state index contributed by atoms with van der Waals surface area (Å²) in [4.78, 5) is 4.88. The molecule has 1 aliphatic rings. The molecule has 0 saturated heterocycles. The highest BCUT2D eigenvalue weighted by molar-refractivity contribution is 5.74. The molecule has 1 aliphatic heterocycles. The van der Waals surface area contributed by atoms with Gasteiger partial charge in [0, 0.05) is 37.9 Å². The molecule has 3 aromatic rings. The molecule has 4 rings (SSSR count). The predicted molar refractivity (Wildman–Crippen MR) is 132 cm³/mol. The quantitative estimate of drug-likeness (QED) is 0.505. The third-order valence-corrected chi connectivity index (χ3v) is 6.31. The van der Waals surface area contributed by atoms with E-state index in [1.807, 2.05) is 12.1 Å². The summed E-state index contributed by atoms with van der Waals surface area (Å²) in [5.41, 5.74) is 8.49. The Bertz CT molecular complexity index is 1130. The molecule has 5 heteroatoms. The van der Waals surface area contributed by atoms with Crippen molar-refractivity contribution in [2.24, 2.45) is 7.05 Å². The molecule has 166 valence electrons. The van der Waals surface area contributed by atoms with Gasteiger partial charge in [0.25, 0.3) is 0 Å². The van der Waals surface area contributed by atoms with Crippen molar-refractivity contribution in [2.45, 2.75) is 53.5 Å². The maximum Gasteiger partial charge on any atom is 0.160 e. The van der Waals surface area contributed by atoms with Gasteiger partial charge in [-0.15, -0.1) is 0 Å². The molecule has 2 heterocycles. The molecule has 1 aromatic heterocycles. The summed E-state index contributed by atoms with van der Waals surface area (Å²) in [5.74, 6) is 2.32. The van der Waals surface area contributed by atoms with Gasteiger partial charge in [-0.05, 0) is 68.9 Å². The van der Waals surface area contributed by atoms with E-state index in [0.29, 0.717) is 5.56 Å². The highest BCUT2D eigenvalue weighted by Crippen LogP contribution is 2.41. The topological polar surface area (TPSA) is 48.1 Å². The number of benzene rings is 2. The maximum atomic E-state index is 9.11. The largest absolute Gasteiger partial charge is 0.352 e. The molecule has 2 aromatic carbocycles. The van der Waals surface area contributed by atoms with Gasteiger partial charge in [0.15, 0.2) is 5.82 Å². The smallest absolute Gasteiger partial charge is 0.160 e. The zero-order valence-electron chi connectivity index (χ0n) is 19.9. The molecule has 0 atom stereocenters. The lowest BCUT2D eigenvalue weighted by atomic mass is 10.00. The zero-order chi connectivity index (χ0) is 22.8. The monoisotopic (exact) mass is 427 g/mol. The van der Waals surface area contributed by atoms with E-state index in [-0.39, 0.29) is 0 Å². The van der Waals surface area contributed by atoms with Crippen LogP contribution in [0.4, 0.5) is 17.3 Å². The molecule has 32 heavy (non-hydrogen) atoms. The number of aryl methyl sites for hydroxylation is 4. The second kappa shape index (κ2) is 9.08. The van der Waals surface area contributed by atoms with Crippen LogP contribution in [0.15, 0.2) is 36.4 Å². The Morgan fingerprint density at radius 3 is 2.41 bits per heavy atom. The first-order valence-corrected chi connectivity index (χ1v) is 11.6. The van der Waals surface area contributed by atoms with Crippen LogP contribution in [-0.4, -0.2) is 22.9 Å². The van der Waals surface area contributed by atoms with Crippen molar-refractivity contribution in [1.82, 2.24) is 9.78 Å². The van der Waals surface area contributed by atoms with E-state index in [1.165, 1.54) is 39.3 Å². The van der Waals surface area contributed by atoms with Crippen LogP contribution >= 0.6 is 0 Å². The van der Waals surface area contributed by atoms with Crippen LogP contribution < -0.4 is 9.80 Å². The molecule has 0 bridgehead atoms. The Morgan fingerprint density at radius 1 is 1.09 bits per heavy atom. The van der Waals surface area contributed by atoms with Gasteiger partial charge >= 0.3 is 0 Å². The Labute approximate surface area is 191 Å². The summed E-state index contributed by atoms with van der Waals surface area (Å²) < 4.78 is 2.07. The molecule has 0 unspecified atom stereocenters. The minimum Gasteiger partial charge on any atom is -0.352 e. The van der Waals surface area contributed by atoms with Gasteiger partial charge in [-0.25, -0.2) is 0 Å². The minimum atomic E-state index is 0.702. The van der Waals surface area contributed by atoms with E-state index >= 15 is 0 Å². The number of fused-ring (bicyclic) bond motifs is 1. The van der Waals surface area contributed by atoms with Crippen molar-refractivity contribution in [3.05, 3.63) is 69.8 Å². The van der Waals surface area contributed by atoms with E-state index in [2.05, 4.69) is 79.6 Å². The van der Waals surface area contributed by atoms with Gasteiger partial charge in [-0.1, -0.05) is 36.8 Å². The third-order valence-electron chi connectivity index (χ3n) is 6.31. The van der Waals surface area contributed by atoms with Gasteiger partial charge in [-0.3, -0.25) is 4.68 Å². The normalized spacial score (nSPS) is 13.1. The van der Waals surface area contributed by atoms with E-state index < -0.39 is 0 Å². The van der Waals surface area contributed by atoms with Crippen LogP contribution in [0.2, 0.25) is 0 Å². The lowest BCUT2D eigenvalue weighted by molar-refractivity contribution is 0.686. The molecule has 5 nitrogen and oxygen atoms in total. The average molecular weight is 428 g/mol. The van der Waals surface area contributed by atoms with Crippen LogP contribution in [0.25, 0.3) is 0 Å². The van der Waals surface area contributed by atoms with E-state index in [1.54, 1.807) is 0 Å². The van der Waals surface area contributed by atoms with Crippen molar-refractivity contribution in [3.63, 3.8) is 0 Å². The molecule has 0 spiro atoms. The fourth-order valence-corrected chi connectivity index (χ4v) is 5.15. The summed E-state index contributed by atoms with van der Waals surface area (Å²) in [6, 6.07) is 14.7. The molecular weight excluding hydrogens is 394 g/mol. The van der Waals surface area contributed by atoms with Crippen molar-refractivity contribution >= 4 is 17.3 Å². The first-order valence-electron chi connectivity index (χ1n) is 11.6. The average Bonchev–Trinajstić information content (AvgIpc) is 3.10. The second-order valence-corrected chi connectivity index (χ2v) is 8.98. The molecule has 0 radical (unpaired) electrons. The predicted octanol–water partition coefficient (Wildman–Crippen LogP) is 5.72. The first-order chi connectivity index (χ1) is 15.4. The summed E-state index contributed by atoms with van der Waals surface area (Å²) >= 11 is 0. The van der Waals surface area contributed by atoms with Crippen molar-refractivity contribution < 1.29 is 0 Å². The van der Waals surface area contributed by atoms with Crippen LogP contribution in [0.1, 0.15) is 53.1 Å². The Balaban J connectivity index is 1.74. The highest BCUT2D eigenvalue weighted by Gasteiger charge is 2.29. The van der Waals surface area contributed by atoms with Crippen molar-refractivity contribution in [1.29, 1.82) is 5.26 Å². The van der Waals surface area contributed by atoms with Gasteiger partial charge in [0.2, 0.25) is 0 Å². The number of hydrogen-bond donors (Lipinski definition) is 0. The van der Waals surface area contributed by atoms with E-state index in [9.17, 15) is 0 Å². The van der Waals surface area contributed by atoms with E-state index in [0.717, 1.165) is 44.7 Å². The molecule has 0 amide bonds. The Morgan fingerprint density at radius 2 is 1.78 bits per heavy atom. The Kier molecular flexibility index (Phi) is 6.23. The minimum absolute atomic E-state index is 0.702. The number of hydrogen-bond acceptors (Lipinski definition) is 4. The zero-order valence-corrected chi connectivity index (χ0v) is 19.9. The van der Waals surface area contributed by atoms with Gasteiger partial charge in [-0.2, -0.15) is 10.4 Å². The van der Waals surface area contributed by atoms with Gasteiger partial charge in [0.05, 0.1) is 11.6 Å². The Hall–Kier alpha value is -3.26. The highest BCUT2D eigenvalue weighted by atomic mass is 15.4. The lowest BCUT2D eigenvalue weighted by Gasteiger charge is -2.32. The lowest BCUT2D eigenvalue weighted by Crippen LogP contribution is -2.29. The third kappa shape index (κ3) is 4.10. The van der Waals surface area contributed by atoms with Gasteiger partial charge in [0.1, 0.15) is 5.82 Å². The van der Waals surface area contributed by atoms with Crippen LogP contribution in [0, 0.1) is 32.1 Å². The van der Waals surface area contributed by atoms with E-state index in [4.69, 9.17) is 10.4 Å². The van der Waals surface area contributed by atoms with Crippen molar-refractivity contribution in [3.8, 4) is 6.07 Å². The second-order valence-electron chi connectivity index (χ2n) is 8.98. The fourth-order valence-electron chi connectivity index (χ4n) is 5.15. The standard InChI is InChI=1S/C27H33N5/c1-6-13-31(18-23-11-9-22(17-28)10-12-23)27-24-8-7-14-32(26(24)29-30(27)5)25-20(3)15-19(2)16-21(25)4/h9-12,15-16H,6-8,13-14,18H2,1-5H3.